The first-order valence-electron chi connectivity index (χ1n) is 6.16. The monoisotopic (exact) mass is 251 g/mol. The molecule has 0 fully saturated rings. The lowest BCUT2D eigenvalue weighted by Crippen LogP contribution is -2.30. The number of aromatic nitrogens is 2. The topological polar surface area (TPSA) is 98.1 Å². The van der Waals surface area contributed by atoms with Crippen molar-refractivity contribution in [2.45, 2.75) is 45.1 Å². The zero-order valence-corrected chi connectivity index (χ0v) is 10.4. The quantitative estimate of drug-likeness (QED) is 0.610. The number of carbonyl (C=O) groups excluding carboxylic acids is 2. The summed E-state index contributed by atoms with van der Waals surface area (Å²) in [6.45, 7) is 1.45. The van der Waals surface area contributed by atoms with Crippen LogP contribution in [-0.2, 0) is 22.4 Å². The van der Waals surface area contributed by atoms with E-state index in [-0.39, 0.29) is 0 Å². The molecule has 1 aromatic heterocycles. The van der Waals surface area contributed by atoms with Crippen molar-refractivity contribution in [3.05, 3.63) is 17.0 Å². The average Bonchev–Trinajstić information content (AvgIpc) is 2.58. The number of nitrogens with two attached hydrogens (primary N) is 1. The number of aryl methyl sites for hydroxylation is 1. The van der Waals surface area contributed by atoms with E-state index in [0.717, 1.165) is 43.4 Å². The third-order valence-corrected chi connectivity index (χ3v) is 3.18. The number of hydrogen-bond donors (Lipinski definition) is 2. The van der Waals surface area contributed by atoms with E-state index in [1.54, 1.807) is 0 Å². The van der Waals surface area contributed by atoms with Gasteiger partial charge in [-0.2, -0.15) is 5.10 Å². The lowest BCUT2D eigenvalue weighted by atomic mass is 10.1. The molecule has 0 unspecified atom stereocenters. The number of carbonyl (C=O) groups is 2. The van der Waals surface area contributed by atoms with Crippen molar-refractivity contribution in [1.82, 2.24) is 10.2 Å². The molecule has 0 saturated carbocycles. The third kappa shape index (κ3) is 2.52. The largest absolute Gasteiger partial charge is 0.448 e. The number of amides is 1. The molecule has 0 spiro atoms. The predicted molar refractivity (Wildman–Crippen MR) is 63.9 cm³/mol. The molecule has 1 heterocycles. The highest BCUT2D eigenvalue weighted by atomic mass is 16.5. The molecule has 1 aliphatic rings. The standard InChI is InChI=1S/C12H17N3O3/c1-7(11(13)16)18-12(17)10-8-5-3-2-4-6-9(8)14-15-10/h7H,2-6H2,1H3,(H2,13,16)(H,14,15)/t7-/m0/s1. The molecule has 0 aromatic carbocycles. The summed E-state index contributed by atoms with van der Waals surface area (Å²) in [4.78, 5) is 22.8. The van der Waals surface area contributed by atoms with E-state index >= 15 is 0 Å². The molecule has 0 saturated heterocycles. The molecule has 1 aliphatic carbocycles. The SMILES string of the molecule is C[C@H](OC(=O)c1n[nH]c2c1CCCCC2)C(N)=O. The Kier molecular flexibility index (Phi) is 3.64. The number of rotatable bonds is 3. The van der Waals surface area contributed by atoms with Gasteiger partial charge < -0.3 is 10.5 Å². The molecular weight excluding hydrogens is 234 g/mol. The van der Waals surface area contributed by atoms with Crippen molar-refractivity contribution in [1.29, 1.82) is 0 Å². The second-order valence-corrected chi connectivity index (χ2v) is 4.54. The molecule has 0 aliphatic heterocycles. The van der Waals surface area contributed by atoms with Crippen LogP contribution < -0.4 is 5.73 Å². The molecule has 0 bridgehead atoms. The van der Waals surface area contributed by atoms with E-state index in [1.165, 1.54) is 6.92 Å². The summed E-state index contributed by atoms with van der Waals surface area (Å²) < 4.78 is 4.97. The number of ether oxygens (including phenoxy) is 1. The maximum Gasteiger partial charge on any atom is 0.359 e. The molecule has 3 N–H and O–H groups in total. The van der Waals surface area contributed by atoms with Gasteiger partial charge in [0.15, 0.2) is 11.8 Å². The molecule has 18 heavy (non-hydrogen) atoms. The predicted octanol–water partition coefficient (Wildman–Crippen LogP) is 0.709. The van der Waals surface area contributed by atoms with E-state index in [9.17, 15) is 9.59 Å². The first-order valence-corrected chi connectivity index (χ1v) is 6.16. The zero-order valence-electron chi connectivity index (χ0n) is 10.4. The van der Waals surface area contributed by atoms with Gasteiger partial charge in [0.25, 0.3) is 5.91 Å². The fraction of sp³-hybridized carbons (Fsp3) is 0.583. The summed E-state index contributed by atoms with van der Waals surface area (Å²) in [5.74, 6) is -1.24. The summed E-state index contributed by atoms with van der Waals surface area (Å²) >= 11 is 0. The van der Waals surface area contributed by atoms with Gasteiger partial charge in [-0.1, -0.05) is 6.42 Å². The Morgan fingerprint density at radius 2 is 2.06 bits per heavy atom. The van der Waals surface area contributed by atoms with Gasteiger partial charge in [0, 0.05) is 11.3 Å². The Labute approximate surface area is 105 Å². The summed E-state index contributed by atoms with van der Waals surface area (Å²) in [5, 5.41) is 6.88. The van der Waals surface area contributed by atoms with Gasteiger partial charge in [0.1, 0.15) is 0 Å². The van der Waals surface area contributed by atoms with Gasteiger partial charge in [-0.05, 0) is 32.6 Å². The molecule has 1 aromatic rings. The molecule has 6 heteroatoms. The summed E-state index contributed by atoms with van der Waals surface area (Å²) in [5.41, 5.74) is 7.28. The van der Waals surface area contributed by atoms with Gasteiger partial charge in [0.2, 0.25) is 0 Å². The Hall–Kier alpha value is -1.85. The smallest absolute Gasteiger partial charge is 0.359 e. The van der Waals surface area contributed by atoms with E-state index in [1.807, 2.05) is 0 Å². The number of hydrogen-bond acceptors (Lipinski definition) is 4. The second kappa shape index (κ2) is 5.20. The minimum absolute atomic E-state index is 0.292. The highest BCUT2D eigenvalue weighted by molar-refractivity contribution is 5.91. The Balaban J connectivity index is 2.16. The summed E-state index contributed by atoms with van der Waals surface area (Å²) in [7, 11) is 0. The number of fused-ring (bicyclic) bond motifs is 1. The van der Waals surface area contributed by atoms with Crippen molar-refractivity contribution in [2.75, 3.05) is 0 Å². The van der Waals surface area contributed by atoms with Crippen molar-refractivity contribution in [2.24, 2.45) is 5.73 Å². The van der Waals surface area contributed by atoms with Gasteiger partial charge >= 0.3 is 5.97 Å². The van der Waals surface area contributed by atoms with Gasteiger partial charge in [0.05, 0.1) is 0 Å². The van der Waals surface area contributed by atoms with Crippen molar-refractivity contribution in [3.63, 3.8) is 0 Å². The van der Waals surface area contributed by atoms with E-state index in [4.69, 9.17) is 10.5 Å². The van der Waals surface area contributed by atoms with E-state index in [2.05, 4.69) is 10.2 Å². The minimum Gasteiger partial charge on any atom is -0.448 e. The van der Waals surface area contributed by atoms with Crippen LogP contribution >= 0.6 is 0 Å². The van der Waals surface area contributed by atoms with E-state index in [0.29, 0.717) is 5.69 Å². The molecular formula is C12H17N3O3. The number of H-pyrrole nitrogens is 1. The Morgan fingerprint density at radius 1 is 1.33 bits per heavy atom. The molecule has 0 radical (unpaired) electrons. The van der Waals surface area contributed by atoms with Crippen molar-refractivity contribution >= 4 is 11.9 Å². The zero-order chi connectivity index (χ0) is 13.1. The van der Waals surface area contributed by atoms with E-state index < -0.39 is 18.0 Å². The van der Waals surface area contributed by atoms with Crippen LogP contribution in [0.3, 0.4) is 0 Å². The fourth-order valence-corrected chi connectivity index (χ4v) is 2.10. The molecule has 98 valence electrons. The number of aromatic amines is 1. The lowest BCUT2D eigenvalue weighted by molar-refractivity contribution is -0.125. The van der Waals surface area contributed by atoms with Crippen LogP contribution in [0.2, 0.25) is 0 Å². The van der Waals surface area contributed by atoms with Crippen LogP contribution in [-0.4, -0.2) is 28.2 Å². The maximum atomic E-state index is 11.9. The van der Waals surface area contributed by atoms with Gasteiger partial charge in [-0.3, -0.25) is 9.89 Å². The average molecular weight is 251 g/mol. The first kappa shape index (κ1) is 12.6. The molecule has 1 amide bonds. The maximum absolute atomic E-state index is 11.9. The molecule has 6 nitrogen and oxygen atoms in total. The number of nitrogens with zero attached hydrogens (tertiary/aromatic N) is 1. The van der Waals surface area contributed by atoms with Crippen LogP contribution in [0.15, 0.2) is 0 Å². The van der Waals surface area contributed by atoms with Crippen molar-refractivity contribution in [3.8, 4) is 0 Å². The molecule has 1 atom stereocenters. The van der Waals surface area contributed by atoms with Crippen LogP contribution in [0.5, 0.6) is 0 Å². The minimum atomic E-state index is -0.935. The number of nitrogens with one attached hydrogen (secondary N) is 1. The van der Waals surface area contributed by atoms with Crippen LogP contribution in [0.4, 0.5) is 0 Å². The summed E-state index contributed by atoms with van der Waals surface area (Å²) in [6.07, 6.45) is 4.08. The normalized spacial score (nSPS) is 16.5. The first-order chi connectivity index (χ1) is 8.59. The second-order valence-electron chi connectivity index (χ2n) is 4.54. The van der Waals surface area contributed by atoms with Crippen molar-refractivity contribution < 1.29 is 14.3 Å². The van der Waals surface area contributed by atoms with Crippen LogP contribution in [0.25, 0.3) is 0 Å². The third-order valence-electron chi connectivity index (χ3n) is 3.18. The lowest BCUT2D eigenvalue weighted by Gasteiger charge is -2.08. The Bertz CT molecular complexity index is 467. The molecule has 2 rings (SSSR count). The van der Waals surface area contributed by atoms with Gasteiger partial charge in [-0.25, -0.2) is 4.79 Å². The van der Waals surface area contributed by atoms with Gasteiger partial charge in [-0.15, -0.1) is 0 Å². The Morgan fingerprint density at radius 3 is 2.78 bits per heavy atom. The fourth-order valence-electron chi connectivity index (χ4n) is 2.10. The highest BCUT2D eigenvalue weighted by Crippen LogP contribution is 2.22. The highest BCUT2D eigenvalue weighted by Gasteiger charge is 2.24. The number of esters is 1. The summed E-state index contributed by atoms with van der Waals surface area (Å²) in [6, 6.07) is 0. The van der Waals surface area contributed by atoms with Crippen LogP contribution in [0.1, 0.15) is 47.9 Å². The van der Waals surface area contributed by atoms with Crippen LogP contribution in [0, 0.1) is 0 Å². The number of primary amides is 1.